The van der Waals surface area contributed by atoms with Crippen LogP contribution in [0.1, 0.15) is 0 Å². The molecule has 0 bridgehead atoms. The summed E-state index contributed by atoms with van der Waals surface area (Å²) in [5.74, 6) is 0. The summed E-state index contributed by atoms with van der Waals surface area (Å²) >= 11 is 7.28. The zero-order chi connectivity index (χ0) is 12.0. The first-order chi connectivity index (χ1) is 8.16. The van der Waals surface area contributed by atoms with E-state index in [1.807, 2.05) is 0 Å². The third-order valence-electron chi connectivity index (χ3n) is 2.84. The summed E-state index contributed by atoms with van der Waals surface area (Å²) in [4.78, 5) is 0. The van der Waals surface area contributed by atoms with Gasteiger partial charge >= 0.3 is 0 Å². The van der Waals surface area contributed by atoms with Crippen molar-refractivity contribution in [1.29, 1.82) is 0 Å². The van der Waals surface area contributed by atoms with Crippen molar-refractivity contribution in [2.75, 3.05) is 0 Å². The maximum absolute atomic E-state index is 2.45. The van der Waals surface area contributed by atoms with Gasteiger partial charge in [0.1, 0.15) is 0 Å². The van der Waals surface area contributed by atoms with Gasteiger partial charge in [0.2, 0.25) is 0 Å². The topological polar surface area (TPSA) is 0 Å². The van der Waals surface area contributed by atoms with Gasteiger partial charge in [-0.15, -0.1) is 0 Å². The van der Waals surface area contributed by atoms with Crippen LogP contribution in [-0.4, -0.2) is 0 Å². The third-order valence-corrected chi connectivity index (χ3v) is 7.99. The van der Waals surface area contributed by atoms with E-state index in [9.17, 15) is 0 Å². The van der Waals surface area contributed by atoms with Crippen molar-refractivity contribution in [2.45, 2.75) is 0 Å². The summed E-state index contributed by atoms with van der Waals surface area (Å²) in [6.07, 6.45) is 0. The number of benzene rings is 3. The molecule has 0 aliphatic heterocycles. The summed E-state index contributed by atoms with van der Waals surface area (Å²) in [7, 11) is 0. The predicted molar refractivity (Wildman–Crippen MR) is 99.6 cm³/mol. The Bertz CT molecular complexity index is 732. The van der Waals surface area contributed by atoms with E-state index >= 15 is 0 Å². The number of hydrogen-bond donors (Lipinski definition) is 0. The Kier molecular flexibility index (Phi) is 3.51. The SMILES string of the molecule is Ic1cc2cc3ccccc3cc2c(I)c1I. The monoisotopic (exact) mass is 556 g/mol. The lowest BCUT2D eigenvalue weighted by Gasteiger charge is -2.08. The Balaban J connectivity index is 2.52. The highest BCUT2D eigenvalue weighted by molar-refractivity contribution is 14.1. The summed E-state index contributed by atoms with van der Waals surface area (Å²) in [6.45, 7) is 0. The smallest absolute Gasteiger partial charge is 0.0403 e. The lowest BCUT2D eigenvalue weighted by Crippen LogP contribution is -1.88. The van der Waals surface area contributed by atoms with Crippen LogP contribution in [-0.2, 0) is 0 Å². The molecule has 17 heavy (non-hydrogen) atoms. The molecule has 3 heteroatoms. The normalized spacial score (nSPS) is 11.2. The minimum Gasteiger partial charge on any atom is -0.0616 e. The lowest BCUT2D eigenvalue weighted by molar-refractivity contribution is 1.60. The van der Waals surface area contributed by atoms with Gasteiger partial charge in [0, 0.05) is 10.7 Å². The van der Waals surface area contributed by atoms with Gasteiger partial charge in [-0.1, -0.05) is 24.3 Å². The van der Waals surface area contributed by atoms with Crippen LogP contribution in [0.5, 0.6) is 0 Å². The fourth-order valence-corrected chi connectivity index (χ4v) is 4.32. The number of hydrogen-bond acceptors (Lipinski definition) is 0. The Morgan fingerprint density at radius 3 is 2.00 bits per heavy atom. The quantitative estimate of drug-likeness (QED) is 0.187. The molecular formula is C14H7I3. The molecule has 0 saturated heterocycles. The molecule has 0 atom stereocenters. The van der Waals surface area contributed by atoms with Crippen LogP contribution < -0.4 is 0 Å². The Morgan fingerprint density at radius 1 is 0.647 bits per heavy atom. The van der Waals surface area contributed by atoms with Crippen LogP contribution in [0.3, 0.4) is 0 Å². The molecular weight excluding hydrogens is 549 g/mol. The highest BCUT2D eigenvalue weighted by Gasteiger charge is 2.08. The van der Waals surface area contributed by atoms with Crippen molar-refractivity contribution >= 4 is 89.3 Å². The van der Waals surface area contributed by atoms with Crippen LogP contribution in [0, 0.1) is 10.7 Å². The van der Waals surface area contributed by atoms with Gasteiger partial charge in [0.15, 0.2) is 0 Å². The zero-order valence-electron chi connectivity index (χ0n) is 8.68. The van der Waals surface area contributed by atoms with Crippen LogP contribution in [0.4, 0.5) is 0 Å². The largest absolute Gasteiger partial charge is 0.0616 e. The van der Waals surface area contributed by atoms with E-state index in [0.29, 0.717) is 0 Å². The van der Waals surface area contributed by atoms with E-state index in [1.54, 1.807) is 0 Å². The Morgan fingerprint density at radius 2 is 1.29 bits per heavy atom. The molecule has 0 aromatic heterocycles. The van der Waals surface area contributed by atoms with Crippen LogP contribution in [0.2, 0.25) is 0 Å². The minimum atomic E-state index is 1.31. The molecule has 0 spiro atoms. The van der Waals surface area contributed by atoms with E-state index in [-0.39, 0.29) is 0 Å². The summed E-state index contributed by atoms with van der Waals surface area (Å²) in [5.41, 5.74) is 0. The highest BCUT2D eigenvalue weighted by atomic mass is 127. The van der Waals surface area contributed by atoms with E-state index in [1.165, 1.54) is 32.3 Å². The molecule has 3 aromatic rings. The number of fused-ring (bicyclic) bond motifs is 2. The molecule has 0 amide bonds. The first-order valence-corrected chi connectivity index (χ1v) is 8.36. The summed E-state index contributed by atoms with van der Waals surface area (Å²) < 4.78 is 4.04. The van der Waals surface area contributed by atoms with Gasteiger partial charge in [-0.25, -0.2) is 0 Å². The van der Waals surface area contributed by atoms with Gasteiger partial charge < -0.3 is 0 Å². The third kappa shape index (κ3) is 2.18. The van der Waals surface area contributed by atoms with Crippen molar-refractivity contribution in [1.82, 2.24) is 0 Å². The average molecular weight is 556 g/mol. The second-order valence-corrected chi connectivity index (χ2v) is 7.23. The van der Waals surface area contributed by atoms with Crippen molar-refractivity contribution < 1.29 is 0 Å². The van der Waals surface area contributed by atoms with Crippen molar-refractivity contribution in [2.24, 2.45) is 0 Å². The lowest BCUT2D eigenvalue weighted by atomic mass is 10.0. The van der Waals surface area contributed by atoms with Gasteiger partial charge in [-0.2, -0.15) is 0 Å². The van der Waals surface area contributed by atoms with Gasteiger partial charge in [0.05, 0.1) is 0 Å². The maximum Gasteiger partial charge on any atom is 0.0403 e. The van der Waals surface area contributed by atoms with Crippen LogP contribution in [0.15, 0.2) is 42.5 Å². The maximum atomic E-state index is 2.45. The first kappa shape index (κ1) is 12.4. The molecule has 0 N–H and O–H groups in total. The fourth-order valence-electron chi connectivity index (χ4n) is 1.99. The molecule has 0 aliphatic rings. The van der Waals surface area contributed by atoms with Gasteiger partial charge in [-0.3, -0.25) is 0 Å². The highest BCUT2D eigenvalue weighted by Crippen LogP contribution is 2.32. The van der Waals surface area contributed by atoms with E-state index in [0.717, 1.165) is 0 Å². The van der Waals surface area contributed by atoms with Crippen molar-refractivity contribution in [3.8, 4) is 0 Å². The Labute approximate surface area is 141 Å². The second kappa shape index (κ2) is 4.80. The number of rotatable bonds is 0. The van der Waals surface area contributed by atoms with E-state index in [2.05, 4.69) is 110 Å². The van der Waals surface area contributed by atoms with Crippen molar-refractivity contribution in [3.63, 3.8) is 0 Å². The molecule has 0 heterocycles. The molecule has 84 valence electrons. The summed E-state index contributed by atoms with van der Waals surface area (Å²) in [5, 5.41) is 5.31. The first-order valence-electron chi connectivity index (χ1n) is 5.13. The molecule has 0 aliphatic carbocycles. The molecule has 0 fully saturated rings. The molecule has 0 radical (unpaired) electrons. The van der Waals surface area contributed by atoms with E-state index in [4.69, 9.17) is 0 Å². The molecule has 0 nitrogen and oxygen atoms in total. The van der Waals surface area contributed by atoms with Gasteiger partial charge in [0.25, 0.3) is 0 Å². The molecule has 0 saturated carbocycles. The fraction of sp³-hybridized carbons (Fsp3) is 0. The predicted octanol–water partition coefficient (Wildman–Crippen LogP) is 5.81. The van der Waals surface area contributed by atoms with E-state index < -0.39 is 0 Å². The minimum absolute atomic E-state index is 1.31. The summed E-state index contributed by atoms with van der Waals surface area (Å²) in [6, 6.07) is 15.4. The van der Waals surface area contributed by atoms with Crippen LogP contribution >= 0.6 is 67.8 Å². The molecule has 3 aromatic carbocycles. The average Bonchev–Trinajstić information content (AvgIpc) is 2.34. The van der Waals surface area contributed by atoms with Crippen molar-refractivity contribution in [3.05, 3.63) is 53.2 Å². The molecule has 0 unspecified atom stereocenters. The Hall–Kier alpha value is 0.370. The number of halogens is 3. The van der Waals surface area contributed by atoms with Gasteiger partial charge in [-0.05, 0) is 108 Å². The second-order valence-electron chi connectivity index (χ2n) is 3.91. The van der Waals surface area contributed by atoms with Crippen LogP contribution in [0.25, 0.3) is 21.5 Å². The molecule has 3 rings (SSSR count). The zero-order valence-corrected chi connectivity index (χ0v) is 15.1. The standard InChI is InChI=1S/C14H7I3/c15-12-7-10-5-8-3-1-2-4-9(8)6-11(10)13(16)14(12)17/h1-7H.